The second-order valence-corrected chi connectivity index (χ2v) is 10.6. The summed E-state index contributed by atoms with van der Waals surface area (Å²) in [5, 5.41) is 19.8. The zero-order chi connectivity index (χ0) is 25.4. The second kappa shape index (κ2) is 9.90. The number of β-lactam (4-membered cyclic amide) rings is 1. The van der Waals surface area contributed by atoms with Gasteiger partial charge < -0.3 is 25.8 Å². The number of pyridine rings is 1. The average Bonchev–Trinajstić information content (AvgIpc) is 3.31. The topological polar surface area (TPSA) is 154 Å². The summed E-state index contributed by atoms with van der Waals surface area (Å²) in [4.78, 5) is 48.2. The molecule has 36 heavy (non-hydrogen) atoms. The van der Waals surface area contributed by atoms with E-state index in [4.69, 9.17) is 10.6 Å². The van der Waals surface area contributed by atoms with Crippen molar-refractivity contribution in [2.24, 2.45) is 5.16 Å². The number of carbonyl (C=O) groups is 3. The monoisotopic (exact) mass is 528 g/mol. The molecular weight excluding hydrogens is 504 g/mol. The van der Waals surface area contributed by atoms with E-state index >= 15 is 0 Å². The fraction of sp³-hybridized carbons (Fsp3) is 0.391. The molecule has 3 aliphatic rings. The molecule has 3 N–H and O–H groups in total. The van der Waals surface area contributed by atoms with E-state index in [9.17, 15) is 19.5 Å². The van der Waals surface area contributed by atoms with Gasteiger partial charge in [0, 0.05) is 34.8 Å². The third-order valence-electron chi connectivity index (χ3n) is 6.44. The lowest BCUT2D eigenvalue weighted by molar-refractivity contribution is -0.697. The lowest BCUT2D eigenvalue weighted by atomic mass is 9.95. The molecule has 2 aromatic heterocycles. The maximum Gasteiger partial charge on any atom is 0.276 e. The number of anilines is 1. The minimum absolute atomic E-state index is 0.117. The number of nitrogens with one attached hydrogen (secondary N) is 1. The quantitative estimate of drug-likeness (QED) is 0.208. The van der Waals surface area contributed by atoms with Crippen molar-refractivity contribution in [1.82, 2.24) is 15.2 Å². The molecule has 5 rings (SSSR count). The normalized spacial score (nSPS) is 21.4. The molecule has 0 radical (unpaired) electrons. The Balaban J connectivity index is 1.36. The van der Waals surface area contributed by atoms with Gasteiger partial charge in [0.25, 0.3) is 11.8 Å². The molecule has 1 fully saturated rings. The van der Waals surface area contributed by atoms with Crippen LogP contribution in [0, 0.1) is 0 Å². The molecule has 0 bridgehead atoms. The van der Waals surface area contributed by atoms with Gasteiger partial charge in [-0.2, -0.15) is 4.57 Å². The molecule has 0 aromatic carbocycles. The Bertz CT molecular complexity index is 1310. The van der Waals surface area contributed by atoms with E-state index in [0.29, 0.717) is 17.9 Å². The van der Waals surface area contributed by atoms with Crippen LogP contribution in [0.15, 0.2) is 40.1 Å². The highest BCUT2D eigenvalue weighted by molar-refractivity contribution is 8.00. The molecule has 13 heteroatoms. The predicted molar refractivity (Wildman–Crippen MR) is 130 cm³/mol. The number of carboxylic acids is 1. The van der Waals surface area contributed by atoms with Crippen LogP contribution in [0.1, 0.15) is 29.8 Å². The third kappa shape index (κ3) is 4.32. The second-order valence-electron chi connectivity index (χ2n) is 8.61. The standard InChI is InChI=1S/C23H24N6O5S2/c1-34-27-16(14-11-36-23(24)25-14)19(30)26-17-20(31)29-18(22(32)33)13(10-35-21(17)29)9-28-8-4-6-12-5-2-3-7-15(12)28/h4,6,8,11,17,21H,2-3,5,7,9-10H2,1H3,(H3-,24,25,26,30,32,33)/b27-16-. The minimum atomic E-state index is -1.40. The van der Waals surface area contributed by atoms with Gasteiger partial charge in [-0.25, -0.2) is 4.98 Å². The van der Waals surface area contributed by atoms with Gasteiger partial charge >= 0.3 is 0 Å². The number of rotatable bonds is 7. The molecule has 11 nitrogen and oxygen atoms in total. The molecule has 2 amide bonds. The van der Waals surface area contributed by atoms with Gasteiger partial charge in [-0.3, -0.25) is 14.5 Å². The van der Waals surface area contributed by atoms with Crippen molar-refractivity contribution in [2.75, 3.05) is 18.6 Å². The molecule has 188 valence electrons. The average molecular weight is 529 g/mol. The van der Waals surface area contributed by atoms with Crippen LogP contribution in [0.4, 0.5) is 5.13 Å². The first kappa shape index (κ1) is 24.3. The number of carboxylic acid groups (broad SMARTS) is 1. The zero-order valence-corrected chi connectivity index (χ0v) is 21.1. The molecule has 4 heterocycles. The summed E-state index contributed by atoms with van der Waals surface area (Å²) >= 11 is 2.54. The van der Waals surface area contributed by atoms with Gasteiger partial charge in [0.1, 0.15) is 24.2 Å². The zero-order valence-electron chi connectivity index (χ0n) is 19.4. The Labute approximate surface area is 215 Å². The summed E-state index contributed by atoms with van der Waals surface area (Å²) < 4.78 is 2.07. The number of hydrogen-bond acceptors (Lipinski definition) is 10. The van der Waals surface area contributed by atoms with Gasteiger partial charge in [-0.1, -0.05) is 5.16 Å². The number of aryl methyl sites for hydroxylation is 1. The van der Waals surface area contributed by atoms with E-state index in [2.05, 4.69) is 26.1 Å². The Hall–Kier alpha value is -3.45. The maximum atomic E-state index is 13.1. The lowest BCUT2D eigenvalue weighted by Crippen LogP contribution is -2.71. The van der Waals surface area contributed by atoms with Gasteiger partial charge in [-0.15, -0.1) is 23.1 Å². The number of aromatic nitrogens is 2. The van der Waals surface area contributed by atoms with Gasteiger partial charge in [-0.05, 0) is 25.3 Å². The van der Waals surface area contributed by atoms with Crippen molar-refractivity contribution in [3.8, 4) is 0 Å². The summed E-state index contributed by atoms with van der Waals surface area (Å²) in [5.74, 6) is -2.20. The smallest absolute Gasteiger partial charge is 0.276 e. The lowest BCUT2D eigenvalue weighted by Gasteiger charge is -2.50. The minimum Gasteiger partial charge on any atom is -0.543 e. The molecule has 0 saturated carbocycles. The van der Waals surface area contributed by atoms with E-state index in [1.54, 1.807) is 5.38 Å². The number of amides is 2. The van der Waals surface area contributed by atoms with Crippen LogP contribution in [-0.4, -0.2) is 57.7 Å². The fourth-order valence-electron chi connectivity index (χ4n) is 4.82. The van der Waals surface area contributed by atoms with Gasteiger partial charge in [0.2, 0.25) is 0 Å². The Kier molecular flexibility index (Phi) is 6.67. The van der Waals surface area contributed by atoms with E-state index in [0.717, 1.165) is 37.0 Å². The molecule has 1 saturated heterocycles. The number of aliphatic carboxylic acids is 1. The van der Waals surface area contributed by atoms with Crippen molar-refractivity contribution in [3.63, 3.8) is 0 Å². The molecule has 1 aliphatic carbocycles. The van der Waals surface area contributed by atoms with Gasteiger partial charge in [0.05, 0.1) is 11.7 Å². The maximum absolute atomic E-state index is 13.1. The number of thioether (sulfide) groups is 1. The largest absolute Gasteiger partial charge is 0.543 e. The van der Waals surface area contributed by atoms with Crippen LogP contribution in [0.25, 0.3) is 0 Å². The summed E-state index contributed by atoms with van der Waals surface area (Å²) in [6.45, 7) is 0.364. The highest BCUT2D eigenvalue weighted by Crippen LogP contribution is 2.40. The Morgan fingerprint density at radius 3 is 2.92 bits per heavy atom. The number of nitrogens with two attached hydrogens (primary N) is 1. The fourth-order valence-corrected chi connectivity index (χ4v) is 6.71. The molecule has 2 atom stereocenters. The summed E-state index contributed by atoms with van der Waals surface area (Å²) in [6.07, 6.45) is 6.13. The van der Waals surface area contributed by atoms with Crippen LogP contribution in [0.2, 0.25) is 0 Å². The van der Waals surface area contributed by atoms with E-state index in [-0.39, 0.29) is 22.2 Å². The van der Waals surface area contributed by atoms with Crippen molar-refractivity contribution >= 4 is 51.7 Å². The molecule has 2 aliphatic heterocycles. The van der Waals surface area contributed by atoms with E-state index in [1.807, 2.05) is 12.3 Å². The number of carbonyl (C=O) groups excluding carboxylic acids is 3. The first-order valence-electron chi connectivity index (χ1n) is 11.4. The Morgan fingerprint density at radius 2 is 2.19 bits per heavy atom. The molecule has 2 unspecified atom stereocenters. The van der Waals surface area contributed by atoms with Crippen LogP contribution in [-0.2, 0) is 38.6 Å². The number of nitrogens with zero attached hydrogens (tertiary/aromatic N) is 4. The molecule has 2 aromatic rings. The van der Waals surface area contributed by atoms with Gasteiger partial charge in [0.15, 0.2) is 29.3 Å². The molecular formula is C23H24N6O5S2. The number of hydrogen-bond donors (Lipinski definition) is 2. The SMILES string of the molecule is CO/N=C(\C(=O)NC1C(=O)N2C(C(=O)[O-])=C(C[n+]3cccc4c3CCCC4)CSC12)c1csc(N)n1. The van der Waals surface area contributed by atoms with Crippen LogP contribution in [0.3, 0.4) is 0 Å². The van der Waals surface area contributed by atoms with Crippen molar-refractivity contribution in [1.29, 1.82) is 0 Å². The number of thiazole rings is 1. The summed E-state index contributed by atoms with van der Waals surface area (Å²) in [5.41, 5.74) is 8.72. The highest BCUT2D eigenvalue weighted by atomic mass is 32.2. The number of fused-ring (bicyclic) bond motifs is 2. The van der Waals surface area contributed by atoms with Crippen molar-refractivity contribution in [3.05, 3.63) is 51.9 Å². The highest BCUT2D eigenvalue weighted by Gasteiger charge is 2.53. The van der Waals surface area contributed by atoms with Crippen LogP contribution >= 0.6 is 23.1 Å². The first-order valence-corrected chi connectivity index (χ1v) is 13.3. The van der Waals surface area contributed by atoms with Crippen molar-refractivity contribution in [2.45, 2.75) is 43.6 Å². The number of nitrogen functional groups attached to an aromatic ring is 1. The van der Waals surface area contributed by atoms with Crippen molar-refractivity contribution < 1.29 is 28.9 Å². The van der Waals surface area contributed by atoms with E-state index in [1.165, 1.54) is 35.0 Å². The van der Waals surface area contributed by atoms with Crippen LogP contribution in [0.5, 0.6) is 0 Å². The Morgan fingerprint density at radius 1 is 1.39 bits per heavy atom. The summed E-state index contributed by atoms with van der Waals surface area (Å²) in [7, 11) is 1.29. The molecule has 0 spiro atoms. The van der Waals surface area contributed by atoms with E-state index < -0.39 is 29.2 Å². The summed E-state index contributed by atoms with van der Waals surface area (Å²) in [6, 6.07) is 3.16. The third-order valence-corrected chi connectivity index (χ3v) is 8.45. The number of oxime groups is 1. The predicted octanol–water partition coefficient (Wildman–Crippen LogP) is -0.654. The first-order chi connectivity index (χ1) is 17.4. The van der Waals surface area contributed by atoms with Crippen LogP contribution < -0.4 is 20.7 Å².